The van der Waals surface area contributed by atoms with Crippen LogP contribution in [-0.4, -0.2) is 0 Å². The number of fused-ring (bicyclic) bond motifs is 6. The van der Waals surface area contributed by atoms with Gasteiger partial charge in [-0.05, 0) is 99.6 Å². The quantitative estimate of drug-likeness (QED) is 0.223. The number of aryl methyl sites for hydroxylation is 2. The fraction of sp³-hybridized carbons (Fsp3) is 0.0588. The van der Waals surface area contributed by atoms with E-state index in [0.717, 1.165) is 0 Å². The maximum Gasteiger partial charge on any atom is 0.0434 e. The van der Waals surface area contributed by atoms with E-state index in [-0.39, 0.29) is 0 Å². The predicted molar refractivity (Wildman–Crippen MR) is 155 cm³/mol. The molecule has 6 aromatic carbocycles. The minimum Gasteiger partial charge on any atom is -0.135 e. The summed E-state index contributed by atoms with van der Waals surface area (Å²) in [6.07, 6.45) is 0. The number of thiophene rings is 1. The molecule has 1 aromatic heterocycles. The fourth-order valence-electron chi connectivity index (χ4n) is 5.50. The normalized spacial score (nSPS) is 11.7. The van der Waals surface area contributed by atoms with Gasteiger partial charge in [0, 0.05) is 20.2 Å². The topological polar surface area (TPSA) is 0 Å². The zero-order chi connectivity index (χ0) is 23.5. The second-order valence-corrected chi connectivity index (χ2v) is 10.6. The maximum atomic E-state index is 2.38. The molecule has 0 unspecified atom stereocenters. The first-order valence-corrected chi connectivity index (χ1v) is 12.9. The Labute approximate surface area is 209 Å². The minimum absolute atomic E-state index is 1.26. The molecule has 0 radical (unpaired) electrons. The number of hydrogen-bond donors (Lipinski definition) is 0. The Morgan fingerprint density at radius 2 is 1.17 bits per heavy atom. The molecule has 7 rings (SSSR count). The lowest BCUT2D eigenvalue weighted by molar-refractivity contribution is 1.50. The predicted octanol–water partition coefficient (Wildman–Crippen LogP) is 10.3. The van der Waals surface area contributed by atoms with Crippen LogP contribution in [0.25, 0.3) is 64.0 Å². The van der Waals surface area contributed by atoms with Crippen LogP contribution in [0.15, 0.2) is 109 Å². The van der Waals surface area contributed by atoms with Crippen LogP contribution in [0.4, 0.5) is 0 Å². The lowest BCUT2D eigenvalue weighted by Crippen LogP contribution is -1.86. The summed E-state index contributed by atoms with van der Waals surface area (Å²) in [5.41, 5.74) is 7.76. The number of hydrogen-bond acceptors (Lipinski definition) is 1. The number of rotatable bonds is 2. The van der Waals surface area contributed by atoms with Crippen molar-refractivity contribution in [2.24, 2.45) is 0 Å². The van der Waals surface area contributed by atoms with Crippen molar-refractivity contribution in [2.75, 3.05) is 0 Å². The van der Waals surface area contributed by atoms with Gasteiger partial charge in [0.05, 0.1) is 0 Å². The molecule has 0 nitrogen and oxygen atoms in total. The monoisotopic (exact) mass is 464 g/mol. The van der Waals surface area contributed by atoms with E-state index in [1.54, 1.807) is 0 Å². The van der Waals surface area contributed by atoms with E-state index < -0.39 is 0 Å². The summed E-state index contributed by atoms with van der Waals surface area (Å²) in [4.78, 5) is 0. The molecule has 0 aliphatic rings. The summed E-state index contributed by atoms with van der Waals surface area (Å²) in [7, 11) is 0. The average Bonchev–Trinajstić information content (AvgIpc) is 3.25. The average molecular weight is 465 g/mol. The smallest absolute Gasteiger partial charge is 0.0434 e. The van der Waals surface area contributed by atoms with Crippen molar-refractivity contribution >= 4 is 53.1 Å². The fourth-order valence-corrected chi connectivity index (χ4v) is 6.70. The van der Waals surface area contributed by atoms with Crippen molar-refractivity contribution in [1.82, 2.24) is 0 Å². The van der Waals surface area contributed by atoms with Crippen LogP contribution in [-0.2, 0) is 0 Å². The van der Waals surface area contributed by atoms with E-state index in [1.807, 2.05) is 11.3 Å². The second-order valence-electron chi connectivity index (χ2n) is 9.56. The SMILES string of the molecule is Cc1ccc2sc3c(-c4cccc(-c5cc6ccccc6c6ccccc56)c4)cc(C)cc3c2c1. The molecule has 1 heterocycles. The van der Waals surface area contributed by atoms with Crippen molar-refractivity contribution in [3.63, 3.8) is 0 Å². The van der Waals surface area contributed by atoms with Crippen LogP contribution in [0, 0.1) is 13.8 Å². The van der Waals surface area contributed by atoms with Crippen LogP contribution < -0.4 is 0 Å². The Morgan fingerprint density at radius 1 is 0.457 bits per heavy atom. The third kappa shape index (κ3) is 3.27. The van der Waals surface area contributed by atoms with Crippen LogP contribution >= 0.6 is 11.3 Å². The van der Waals surface area contributed by atoms with Gasteiger partial charge in [-0.1, -0.05) is 78.4 Å². The molecular weight excluding hydrogens is 440 g/mol. The van der Waals surface area contributed by atoms with Gasteiger partial charge in [-0.25, -0.2) is 0 Å². The standard InChI is InChI=1S/C34H24S/c1-21-14-15-33-31(16-21)32-18-22(2)17-30(34(32)35-33)24-10-7-9-23(19-24)29-20-25-8-3-4-11-26(25)27-12-5-6-13-28(27)29/h3-20H,1-2H3. The summed E-state index contributed by atoms with van der Waals surface area (Å²) in [5, 5.41) is 7.93. The third-order valence-electron chi connectivity index (χ3n) is 7.12. The minimum atomic E-state index is 1.26. The van der Waals surface area contributed by atoms with Gasteiger partial charge in [0.2, 0.25) is 0 Å². The molecule has 0 saturated carbocycles. The summed E-state index contributed by atoms with van der Waals surface area (Å²) >= 11 is 1.91. The van der Waals surface area contributed by atoms with E-state index >= 15 is 0 Å². The van der Waals surface area contributed by atoms with Crippen LogP contribution in [0.5, 0.6) is 0 Å². The molecule has 0 amide bonds. The Morgan fingerprint density at radius 3 is 2.03 bits per heavy atom. The third-order valence-corrected chi connectivity index (χ3v) is 8.34. The molecule has 0 atom stereocenters. The van der Waals surface area contributed by atoms with E-state index in [2.05, 4.69) is 123 Å². The summed E-state index contributed by atoms with van der Waals surface area (Å²) in [6.45, 7) is 4.39. The summed E-state index contributed by atoms with van der Waals surface area (Å²) in [6, 6.07) is 40.4. The van der Waals surface area contributed by atoms with E-state index in [9.17, 15) is 0 Å². The van der Waals surface area contributed by atoms with Gasteiger partial charge < -0.3 is 0 Å². The first-order chi connectivity index (χ1) is 17.2. The number of benzene rings is 6. The highest BCUT2D eigenvalue weighted by atomic mass is 32.1. The van der Waals surface area contributed by atoms with Crippen LogP contribution in [0.3, 0.4) is 0 Å². The molecule has 0 saturated heterocycles. The van der Waals surface area contributed by atoms with Crippen molar-refractivity contribution in [3.05, 3.63) is 120 Å². The van der Waals surface area contributed by atoms with Crippen molar-refractivity contribution in [2.45, 2.75) is 13.8 Å². The zero-order valence-corrected chi connectivity index (χ0v) is 20.6. The Bertz CT molecular complexity index is 1920. The summed E-state index contributed by atoms with van der Waals surface area (Å²) < 4.78 is 2.73. The largest absolute Gasteiger partial charge is 0.135 e. The molecular formula is C34H24S. The summed E-state index contributed by atoms with van der Waals surface area (Å²) in [5.74, 6) is 0. The van der Waals surface area contributed by atoms with E-state index in [4.69, 9.17) is 0 Å². The van der Waals surface area contributed by atoms with Crippen molar-refractivity contribution in [3.8, 4) is 22.3 Å². The van der Waals surface area contributed by atoms with Crippen LogP contribution in [0.2, 0.25) is 0 Å². The van der Waals surface area contributed by atoms with E-state index in [1.165, 1.54) is 75.1 Å². The highest BCUT2D eigenvalue weighted by Crippen LogP contribution is 2.42. The molecule has 0 fully saturated rings. The van der Waals surface area contributed by atoms with Gasteiger partial charge in [0.15, 0.2) is 0 Å². The Hall–Kier alpha value is -3.94. The molecule has 1 heteroatoms. The first-order valence-electron chi connectivity index (χ1n) is 12.1. The lowest BCUT2D eigenvalue weighted by Gasteiger charge is -2.13. The van der Waals surface area contributed by atoms with Gasteiger partial charge in [-0.2, -0.15) is 0 Å². The zero-order valence-electron chi connectivity index (χ0n) is 19.8. The molecule has 0 bridgehead atoms. The van der Waals surface area contributed by atoms with E-state index in [0.29, 0.717) is 0 Å². The highest BCUT2D eigenvalue weighted by Gasteiger charge is 2.14. The Kier molecular flexibility index (Phi) is 4.55. The lowest BCUT2D eigenvalue weighted by atomic mass is 9.91. The molecule has 0 spiro atoms. The Balaban J connectivity index is 1.49. The maximum absolute atomic E-state index is 2.38. The second kappa shape index (κ2) is 7.80. The first kappa shape index (κ1) is 20.4. The van der Waals surface area contributed by atoms with Gasteiger partial charge in [-0.15, -0.1) is 11.3 Å². The van der Waals surface area contributed by atoms with Crippen molar-refractivity contribution in [1.29, 1.82) is 0 Å². The van der Waals surface area contributed by atoms with Gasteiger partial charge in [0.1, 0.15) is 0 Å². The van der Waals surface area contributed by atoms with Gasteiger partial charge >= 0.3 is 0 Å². The van der Waals surface area contributed by atoms with Crippen molar-refractivity contribution < 1.29 is 0 Å². The molecule has 0 aliphatic heterocycles. The molecule has 7 aromatic rings. The molecule has 0 N–H and O–H groups in total. The highest BCUT2D eigenvalue weighted by molar-refractivity contribution is 7.26. The molecule has 0 aliphatic carbocycles. The van der Waals surface area contributed by atoms with Gasteiger partial charge in [0.25, 0.3) is 0 Å². The molecule has 35 heavy (non-hydrogen) atoms. The van der Waals surface area contributed by atoms with Gasteiger partial charge in [-0.3, -0.25) is 0 Å². The van der Waals surface area contributed by atoms with Crippen LogP contribution in [0.1, 0.15) is 11.1 Å². The molecule has 166 valence electrons.